The number of rotatable bonds is 11. The number of carbonyl (C=O) groups excluding carboxylic acids is 1. The third-order valence-corrected chi connectivity index (χ3v) is 17.9. The average molecular weight is 931 g/mol. The summed E-state index contributed by atoms with van der Waals surface area (Å²) in [7, 11) is 3.14. The number of methoxy groups -OCH3 is 2. The number of ether oxygens (including phenoxy) is 10. The van der Waals surface area contributed by atoms with Gasteiger partial charge in [0.2, 0.25) is 0 Å². The molecule has 7 N–H and O–H groups in total. The molecular formula is C47H78O18. The number of fused-ring (bicyclic) bond motifs is 5. The number of ketones is 1. The lowest BCUT2D eigenvalue weighted by atomic mass is 9.41. The molecule has 4 aliphatic heterocycles. The van der Waals surface area contributed by atoms with Crippen LogP contribution in [0.4, 0.5) is 0 Å². The molecule has 8 fully saturated rings. The lowest BCUT2D eigenvalue weighted by molar-refractivity contribution is -0.346. The molecule has 65 heavy (non-hydrogen) atoms. The molecule has 0 radical (unpaired) electrons. The largest absolute Gasteiger partial charge is 0.390 e. The molecule has 374 valence electrons. The highest BCUT2D eigenvalue weighted by molar-refractivity contribution is 5.81. The molecule has 4 aliphatic carbocycles. The SMILES string of the molecule is CO[C@H]1C[C@H](O[C@H]2[C@H](O)C[C@H](O[C@H]3[C@H](O)C[C@H](O[C@H]4[C@@H](OC)C[C@H](O[C@H]5CC[C@@]6(C)[C@@H](CC[C@]7(O)[C@@H]6CC[C@]6(C)[C@@H](C(C)=O)[C@H](O)[C@@H](O)[C@@]67O)C5)O[C@@H]4C)O[C@@H]3C)O[C@@H]2C)O[C@H](C)[C@H]1O. The molecular weight excluding hydrogens is 852 g/mol. The third-order valence-electron chi connectivity index (χ3n) is 17.9. The zero-order valence-corrected chi connectivity index (χ0v) is 39.6. The van der Waals surface area contributed by atoms with Gasteiger partial charge < -0.3 is 83.1 Å². The van der Waals surface area contributed by atoms with E-state index < -0.39 is 133 Å². The van der Waals surface area contributed by atoms with Crippen LogP contribution in [-0.2, 0) is 52.2 Å². The van der Waals surface area contributed by atoms with Gasteiger partial charge in [-0.1, -0.05) is 13.8 Å². The van der Waals surface area contributed by atoms with Gasteiger partial charge in [0.1, 0.15) is 41.9 Å². The van der Waals surface area contributed by atoms with Crippen molar-refractivity contribution in [3.63, 3.8) is 0 Å². The van der Waals surface area contributed by atoms with Crippen molar-refractivity contribution in [2.45, 2.75) is 247 Å². The Morgan fingerprint density at radius 2 is 1.09 bits per heavy atom. The minimum atomic E-state index is -2.03. The standard InChI is InChI=1S/C47H78O18/c1-21(48)37-39(52)43(53)47(55)45(37,7)14-12-32-44(6)13-11-27(16-26(44)10-15-46(32,47)54)62-35-20-31(57-9)42(25(5)61-35)65-34-18-29(50)40(23(3)60-34)63-33-17-28(49)41(24(4)59-33)64-36-19-30(56-8)38(51)22(2)58-36/h22-43,49-55H,10-20H2,1-9H3/t22-,23-,24-,25-,26+,27+,28-,29-,30+,31+,32-,33+,34+,35+,36+,37+,38-,39+,40-,41-,42-,43-,44+,45-,46+,47-/m1/s1. The minimum Gasteiger partial charge on any atom is -0.390 e. The highest BCUT2D eigenvalue weighted by Crippen LogP contribution is 2.70. The Balaban J connectivity index is 0.818. The highest BCUT2D eigenvalue weighted by Gasteiger charge is 2.79. The number of aliphatic hydroxyl groups excluding tert-OH is 5. The van der Waals surface area contributed by atoms with Crippen molar-refractivity contribution in [3.05, 3.63) is 0 Å². The Labute approximate surface area is 382 Å². The van der Waals surface area contributed by atoms with Gasteiger partial charge >= 0.3 is 0 Å². The highest BCUT2D eigenvalue weighted by atomic mass is 16.8. The first-order valence-corrected chi connectivity index (χ1v) is 24.2. The predicted octanol–water partition coefficient (Wildman–Crippen LogP) is 1.60. The Morgan fingerprint density at radius 3 is 1.65 bits per heavy atom. The smallest absolute Gasteiger partial charge is 0.161 e. The first-order valence-electron chi connectivity index (χ1n) is 24.2. The maximum atomic E-state index is 12.8. The van der Waals surface area contributed by atoms with Crippen LogP contribution in [0.1, 0.15) is 119 Å². The molecule has 4 saturated carbocycles. The summed E-state index contributed by atoms with van der Waals surface area (Å²) in [5, 5.41) is 80.2. The first-order chi connectivity index (χ1) is 30.6. The molecule has 8 aliphatic rings. The molecule has 4 saturated heterocycles. The second kappa shape index (κ2) is 19.0. The van der Waals surface area contributed by atoms with Crippen LogP contribution in [-0.4, -0.2) is 184 Å². The van der Waals surface area contributed by atoms with E-state index in [4.69, 9.17) is 47.4 Å². The molecule has 18 nitrogen and oxygen atoms in total. The average Bonchev–Trinajstić information content (AvgIpc) is 3.40. The summed E-state index contributed by atoms with van der Waals surface area (Å²) < 4.78 is 61.5. The van der Waals surface area contributed by atoms with E-state index in [1.165, 1.54) is 14.0 Å². The van der Waals surface area contributed by atoms with Gasteiger partial charge in [0, 0.05) is 45.3 Å². The number of Topliss-reactive ketones (excluding diaryl/α,β-unsaturated/α-hetero) is 1. The van der Waals surface area contributed by atoms with Gasteiger partial charge in [-0.2, -0.15) is 0 Å². The fourth-order valence-corrected chi connectivity index (χ4v) is 14.4. The van der Waals surface area contributed by atoms with Gasteiger partial charge in [0.15, 0.2) is 25.2 Å². The molecule has 0 unspecified atom stereocenters. The Morgan fingerprint density at radius 1 is 0.585 bits per heavy atom. The zero-order valence-electron chi connectivity index (χ0n) is 39.6. The Bertz CT molecular complexity index is 1630. The maximum Gasteiger partial charge on any atom is 0.161 e. The fourth-order valence-electron chi connectivity index (χ4n) is 14.4. The van der Waals surface area contributed by atoms with Crippen molar-refractivity contribution in [3.8, 4) is 0 Å². The van der Waals surface area contributed by atoms with Crippen LogP contribution in [0.2, 0.25) is 0 Å². The second-order valence-corrected chi connectivity index (χ2v) is 21.5. The summed E-state index contributed by atoms with van der Waals surface area (Å²) in [4.78, 5) is 12.8. The van der Waals surface area contributed by atoms with Gasteiger partial charge in [0.05, 0.1) is 72.6 Å². The summed E-state index contributed by atoms with van der Waals surface area (Å²) >= 11 is 0. The quantitative estimate of drug-likeness (QED) is 0.145. The van der Waals surface area contributed by atoms with Crippen LogP contribution in [0, 0.1) is 28.6 Å². The van der Waals surface area contributed by atoms with Crippen LogP contribution < -0.4 is 0 Å². The summed E-state index contributed by atoms with van der Waals surface area (Å²) in [5.74, 6) is -1.43. The number of hydrogen-bond acceptors (Lipinski definition) is 18. The lowest BCUT2D eigenvalue weighted by Gasteiger charge is -2.67. The van der Waals surface area contributed by atoms with E-state index in [0.29, 0.717) is 38.5 Å². The topological polar surface area (TPSA) is 251 Å². The lowest BCUT2D eigenvalue weighted by Crippen LogP contribution is -2.76. The van der Waals surface area contributed by atoms with Crippen LogP contribution in [0.15, 0.2) is 0 Å². The van der Waals surface area contributed by atoms with E-state index in [2.05, 4.69) is 6.92 Å². The number of hydrogen-bond donors (Lipinski definition) is 7. The zero-order chi connectivity index (χ0) is 47.1. The van der Waals surface area contributed by atoms with Gasteiger partial charge in [-0.05, 0) is 96.8 Å². The van der Waals surface area contributed by atoms with Crippen molar-refractivity contribution in [1.29, 1.82) is 0 Å². The molecule has 26 atom stereocenters. The van der Waals surface area contributed by atoms with Crippen molar-refractivity contribution < 1.29 is 87.9 Å². The Hall–Kier alpha value is -1.01. The van der Waals surface area contributed by atoms with Gasteiger partial charge in [-0.15, -0.1) is 0 Å². The van der Waals surface area contributed by atoms with Gasteiger partial charge in [-0.3, -0.25) is 4.79 Å². The van der Waals surface area contributed by atoms with Crippen molar-refractivity contribution in [2.24, 2.45) is 28.6 Å². The van der Waals surface area contributed by atoms with Crippen molar-refractivity contribution >= 4 is 5.78 Å². The molecule has 8 rings (SSSR count). The molecule has 0 amide bonds. The number of carbonyl (C=O) groups is 1. The number of aliphatic hydroxyl groups is 7. The van der Waals surface area contributed by atoms with Crippen molar-refractivity contribution in [1.82, 2.24) is 0 Å². The molecule has 4 heterocycles. The third kappa shape index (κ3) is 8.61. The Kier molecular flexibility index (Phi) is 14.7. The summed E-state index contributed by atoms with van der Waals surface area (Å²) in [6.07, 6.45) is -8.97. The fraction of sp³-hybridized carbons (Fsp3) is 0.979. The molecule has 0 bridgehead atoms. The summed E-state index contributed by atoms with van der Waals surface area (Å²) in [6.45, 7) is 12.5. The van der Waals surface area contributed by atoms with Crippen LogP contribution in [0.5, 0.6) is 0 Å². The van der Waals surface area contributed by atoms with Crippen molar-refractivity contribution in [2.75, 3.05) is 14.2 Å². The van der Waals surface area contributed by atoms with Crippen LogP contribution in [0.25, 0.3) is 0 Å². The van der Waals surface area contributed by atoms with Crippen LogP contribution in [0.3, 0.4) is 0 Å². The van der Waals surface area contributed by atoms with Gasteiger partial charge in [0.25, 0.3) is 0 Å². The van der Waals surface area contributed by atoms with Crippen LogP contribution >= 0.6 is 0 Å². The normalized spacial score (nSPS) is 56.1. The molecule has 0 aromatic rings. The maximum absolute atomic E-state index is 12.8. The monoisotopic (exact) mass is 931 g/mol. The molecule has 0 aromatic carbocycles. The van der Waals surface area contributed by atoms with E-state index in [9.17, 15) is 40.5 Å². The van der Waals surface area contributed by atoms with Gasteiger partial charge in [-0.25, -0.2) is 0 Å². The van der Waals surface area contributed by atoms with E-state index in [1.807, 2.05) is 6.92 Å². The summed E-state index contributed by atoms with van der Waals surface area (Å²) in [5.41, 5.74) is -5.23. The molecule has 18 heteroatoms. The second-order valence-electron chi connectivity index (χ2n) is 21.5. The predicted molar refractivity (Wildman–Crippen MR) is 227 cm³/mol. The minimum absolute atomic E-state index is 0.0913. The van der Waals surface area contributed by atoms with E-state index in [0.717, 1.165) is 12.8 Å². The molecule has 0 aromatic heterocycles. The summed E-state index contributed by atoms with van der Waals surface area (Å²) in [6, 6.07) is 0. The van der Waals surface area contributed by atoms with E-state index >= 15 is 0 Å². The first kappa shape index (κ1) is 50.4. The van der Waals surface area contributed by atoms with E-state index in [1.54, 1.807) is 34.8 Å². The molecule has 0 spiro atoms. The van der Waals surface area contributed by atoms with E-state index in [-0.39, 0.29) is 48.4 Å².